The minimum absolute atomic E-state index is 0.157. The molecule has 2 N–H and O–H groups in total. The summed E-state index contributed by atoms with van der Waals surface area (Å²) < 4.78 is 6.58. The molecule has 5 heteroatoms. The number of hydrogen-bond acceptors (Lipinski definition) is 4. The molecule has 2 heterocycles. The van der Waals surface area contributed by atoms with Gasteiger partial charge in [0.05, 0.1) is 16.8 Å². The Hall–Kier alpha value is -0.360. The molecule has 2 rings (SSSR count). The molecular weight excluding hydrogens is 306 g/mol. The Morgan fingerprint density at radius 1 is 1.53 bits per heavy atom. The summed E-state index contributed by atoms with van der Waals surface area (Å²) in [5.41, 5.74) is 5.93. The third-order valence-corrected chi connectivity index (χ3v) is 4.74. The predicted molar refractivity (Wildman–Crippen MR) is 81.1 cm³/mol. The fourth-order valence-corrected chi connectivity index (χ4v) is 3.28. The second kappa shape index (κ2) is 6.88. The molecule has 1 unspecified atom stereocenters. The summed E-state index contributed by atoms with van der Waals surface area (Å²) in [5.74, 6) is 1.71. The van der Waals surface area contributed by atoms with E-state index in [0.717, 1.165) is 22.7 Å². The maximum absolute atomic E-state index is 5.93. The van der Waals surface area contributed by atoms with Gasteiger partial charge in [-0.3, -0.25) is 4.90 Å². The molecule has 0 bridgehead atoms. The van der Waals surface area contributed by atoms with Crippen molar-refractivity contribution in [3.63, 3.8) is 0 Å². The largest absolute Gasteiger partial charge is 0.466 e. The summed E-state index contributed by atoms with van der Waals surface area (Å²) in [7, 11) is 4.34. The van der Waals surface area contributed by atoms with E-state index in [-0.39, 0.29) is 6.04 Å². The van der Waals surface area contributed by atoms with Crippen LogP contribution in [0.25, 0.3) is 0 Å². The minimum Gasteiger partial charge on any atom is -0.466 e. The molecule has 0 spiro atoms. The van der Waals surface area contributed by atoms with Gasteiger partial charge in [-0.25, -0.2) is 0 Å². The van der Waals surface area contributed by atoms with Crippen LogP contribution in [0.1, 0.15) is 24.6 Å². The zero-order valence-corrected chi connectivity index (χ0v) is 13.4. The molecule has 1 fully saturated rings. The van der Waals surface area contributed by atoms with Crippen molar-refractivity contribution in [2.45, 2.75) is 18.9 Å². The van der Waals surface area contributed by atoms with Crippen LogP contribution in [0.4, 0.5) is 0 Å². The molecule has 1 aromatic rings. The summed E-state index contributed by atoms with van der Waals surface area (Å²) >= 11 is 3.53. The van der Waals surface area contributed by atoms with E-state index < -0.39 is 0 Å². The number of rotatable bonds is 5. The fraction of sp³-hybridized carbons (Fsp3) is 0.714. The molecule has 0 saturated carbocycles. The van der Waals surface area contributed by atoms with Gasteiger partial charge in [-0.15, -0.1) is 0 Å². The van der Waals surface area contributed by atoms with Crippen LogP contribution in [0, 0.1) is 5.92 Å². The number of piperidine rings is 1. The van der Waals surface area contributed by atoms with Gasteiger partial charge in [-0.2, -0.15) is 0 Å². The number of nitrogens with zero attached hydrogens (tertiary/aromatic N) is 2. The molecule has 1 aliphatic rings. The van der Waals surface area contributed by atoms with Gasteiger partial charge in [0.1, 0.15) is 5.76 Å². The predicted octanol–water partition coefficient (Wildman–Crippen LogP) is 2.32. The van der Waals surface area contributed by atoms with Gasteiger partial charge in [0.25, 0.3) is 0 Å². The lowest BCUT2D eigenvalue weighted by Gasteiger charge is -2.34. The van der Waals surface area contributed by atoms with E-state index in [1.54, 1.807) is 6.26 Å². The zero-order chi connectivity index (χ0) is 13.8. The molecule has 4 nitrogen and oxygen atoms in total. The van der Waals surface area contributed by atoms with Crippen LogP contribution in [0.5, 0.6) is 0 Å². The second-order valence-corrected chi connectivity index (χ2v) is 6.42. The highest BCUT2D eigenvalue weighted by molar-refractivity contribution is 9.10. The first-order valence-electron chi connectivity index (χ1n) is 6.93. The maximum atomic E-state index is 5.93. The first-order valence-corrected chi connectivity index (χ1v) is 7.73. The van der Waals surface area contributed by atoms with Crippen molar-refractivity contribution in [3.8, 4) is 0 Å². The molecule has 1 aliphatic heterocycles. The summed E-state index contributed by atoms with van der Waals surface area (Å²) in [6.07, 6.45) is 4.26. The quantitative estimate of drug-likeness (QED) is 0.900. The highest BCUT2D eigenvalue weighted by Gasteiger charge is 2.25. The van der Waals surface area contributed by atoms with Crippen molar-refractivity contribution in [1.82, 2.24) is 9.80 Å². The average molecular weight is 330 g/mol. The molecule has 108 valence electrons. The van der Waals surface area contributed by atoms with Gasteiger partial charge < -0.3 is 15.1 Å². The van der Waals surface area contributed by atoms with Gasteiger partial charge in [-0.05, 0) is 67.9 Å². The number of likely N-dealkylation sites (N-methyl/N-ethyl adjacent to an activating group) is 1. The number of likely N-dealkylation sites (tertiary alicyclic amines) is 1. The Labute approximate surface area is 124 Å². The van der Waals surface area contributed by atoms with Gasteiger partial charge in [0, 0.05) is 13.1 Å². The molecule has 1 aromatic heterocycles. The SMILES string of the molecule is CN1CCC(CN(C)C(CN)c2occc2Br)CC1. The van der Waals surface area contributed by atoms with Gasteiger partial charge >= 0.3 is 0 Å². The van der Waals surface area contributed by atoms with Crippen molar-refractivity contribution < 1.29 is 4.42 Å². The van der Waals surface area contributed by atoms with Crippen LogP contribution in [0.2, 0.25) is 0 Å². The molecule has 19 heavy (non-hydrogen) atoms. The van der Waals surface area contributed by atoms with E-state index in [9.17, 15) is 0 Å². The molecule has 0 amide bonds. The van der Waals surface area contributed by atoms with Gasteiger partial charge in [0.2, 0.25) is 0 Å². The van der Waals surface area contributed by atoms with E-state index in [2.05, 4.69) is 39.8 Å². The van der Waals surface area contributed by atoms with E-state index in [1.807, 2.05) is 6.07 Å². The van der Waals surface area contributed by atoms with Crippen molar-refractivity contribution in [3.05, 3.63) is 22.6 Å². The zero-order valence-electron chi connectivity index (χ0n) is 11.8. The van der Waals surface area contributed by atoms with E-state index in [4.69, 9.17) is 10.2 Å². The Bertz CT molecular complexity index is 388. The summed E-state index contributed by atoms with van der Waals surface area (Å²) in [6, 6.07) is 2.09. The van der Waals surface area contributed by atoms with Gasteiger partial charge in [0.15, 0.2) is 0 Å². The number of halogens is 1. The summed E-state index contributed by atoms with van der Waals surface area (Å²) in [4.78, 5) is 4.74. The van der Waals surface area contributed by atoms with E-state index in [1.165, 1.54) is 25.9 Å². The highest BCUT2D eigenvalue weighted by atomic mass is 79.9. The van der Waals surface area contributed by atoms with Crippen LogP contribution in [-0.2, 0) is 0 Å². The third kappa shape index (κ3) is 3.81. The Kier molecular flexibility index (Phi) is 5.45. The normalized spacial score (nSPS) is 20.1. The third-order valence-electron chi connectivity index (χ3n) is 4.09. The van der Waals surface area contributed by atoms with Crippen LogP contribution in [-0.4, -0.2) is 50.1 Å². The van der Waals surface area contributed by atoms with Crippen molar-refractivity contribution >= 4 is 15.9 Å². The monoisotopic (exact) mass is 329 g/mol. The molecule has 1 atom stereocenters. The lowest BCUT2D eigenvalue weighted by atomic mass is 9.96. The van der Waals surface area contributed by atoms with Crippen molar-refractivity contribution in [2.75, 3.05) is 40.3 Å². The smallest absolute Gasteiger partial charge is 0.136 e. The van der Waals surface area contributed by atoms with Crippen LogP contribution in [0.15, 0.2) is 21.2 Å². The van der Waals surface area contributed by atoms with Crippen LogP contribution >= 0.6 is 15.9 Å². The topological polar surface area (TPSA) is 45.6 Å². The maximum Gasteiger partial charge on any atom is 0.136 e. The first kappa shape index (κ1) is 15.0. The van der Waals surface area contributed by atoms with E-state index in [0.29, 0.717) is 6.54 Å². The average Bonchev–Trinajstić information content (AvgIpc) is 2.80. The lowest BCUT2D eigenvalue weighted by Crippen LogP contribution is -2.38. The lowest BCUT2D eigenvalue weighted by molar-refractivity contribution is 0.142. The molecule has 0 aliphatic carbocycles. The highest BCUT2D eigenvalue weighted by Crippen LogP contribution is 2.29. The Balaban J connectivity index is 1.94. The van der Waals surface area contributed by atoms with E-state index >= 15 is 0 Å². The van der Waals surface area contributed by atoms with Crippen LogP contribution < -0.4 is 5.73 Å². The molecule has 1 saturated heterocycles. The molecular formula is C14H24BrN3O. The van der Waals surface area contributed by atoms with Gasteiger partial charge in [-0.1, -0.05) is 0 Å². The van der Waals surface area contributed by atoms with Crippen molar-refractivity contribution in [1.29, 1.82) is 0 Å². The Morgan fingerprint density at radius 3 is 2.74 bits per heavy atom. The Morgan fingerprint density at radius 2 is 2.21 bits per heavy atom. The number of furan rings is 1. The first-order chi connectivity index (χ1) is 9.11. The number of nitrogens with two attached hydrogens (primary N) is 1. The second-order valence-electron chi connectivity index (χ2n) is 5.57. The number of hydrogen-bond donors (Lipinski definition) is 1. The van der Waals surface area contributed by atoms with Crippen LogP contribution in [0.3, 0.4) is 0 Å². The van der Waals surface area contributed by atoms with Crippen molar-refractivity contribution in [2.24, 2.45) is 11.7 Å². The fourth-order valence-electron chi connectivity index (χ4n) is 2.81. The minimum atomic E-state index is 0.157. The standard InChI is InChI=1S/C14H24BrN3O/c1-17-6-3-11(4-7-17)10-18(2)13(9-16)14-12(15)5-8-19-14/h5,8,11,13H,3-4,6-7,9-10,16H2,1-2H3. The molecule has 0 aromatic carbocycles. The molecule has 0 radical (unpaired) electrons. The summed E-state index contributed by atoms with van der Waals surface area (Å²) in [5, 5.41) is 0. The summed E-state index contributed by atoms with van der Waals surface area (Å²) in [6.45, 7) is 4.07.